The molecule has 0 spiro atoms. The van der Waals surface area contributed by atoms with E-state index in [4.69, 9.17) is 0 Å². The first-order valence-electron chi connectivity index (χ1n) is 8.82. The van der Waals surface area contributed by atoms with Crippen molar-refractivity contribution in [2.45, 2.75) is 51.2 Å². The molecule has 1 aromatic carbocycles. The maximum Gasteiger partial charge on any atom is 0.244 e. The second-order valence-corrected chi connectivity index (χ2v) is 6.49. The summed E-state index contributed by atoms with van der Waals surface area (Å²) >= 11 is 0. The molecule has 1 saturated heterocycles. The summed E-state index contributed by atoms with van der Waals surface area (Å²) in [5.74, 6) is 2.04. The number of benzene rings is 1. The summed E-state index contributed by atoms with van der Waals surface area (Å²) in [4.78, 5) is 19.3. The van der Waals surface area contributed by atoms with Crippen LogP contribution in [0.2, 0.25) is 0 Å². The Balaban J connectivity index is 1.49. The van der Waals surface area contributed by atoms with Gasteiger partial charge < -0.3 is 4.90 Å². The van der Waals surface area contributed by atoms with Crippen molar-refractivity contribution in [2.75, 3.05) is 11.4 Å². The van der Waals surface area contributed by atoms with Crippen molar-refractivity contribution >= 4 is 11.6 Å². The lowest BCUT2D eigenvalue weighted by Gasteiger charge is -2.26. The van der Waals surface area contributed by atoms with Crippen LogP contribution in [0.4, 0.5) is 5.69 Å². The summed E-state index contributed by atoms with van der Waals surface area (Å²) in [6.45, 7) is 3.76. The number of amides is 1. The monoisotopic (exact) mass is 325 g/mol. The Kier molecular flexibility index (Phi) is 4.06. The largest absolute Gasteiger partial charge is 0.311 e. The summed E-state index contributed by atoms with van der Waals surface area (Å²) in [5, 5.41) is 8.09. The Bertz CT molecular complexity index is 726. The summed E-state index contributed by atoms with van der Waals surface area (Å²) in [5.41, 5.74) is 0.979. The molecule has 1 aromatic heterocycles. The highest BCUT2D eigenvalue weighted by Crippen LogP contribution is 2.27. The molecule has 6 nitrogen and oxygen atoms in total. The fraction of sp³-hybridized carbons (Fsp3) is 0.500. The maximum atomic E-state index is 12.8. The average molecular weight is 325 g/mol. The van der Waals surface area contributed by atoms with E-state index in [0.29, 0.717) is 0 Å². The Hall–Kier alpha value is -2.21. The van der Waals surface area contributed by atoms with Crippen molar-refractivity contribution < 1.29 is 4.79 Å². The molecule has 0 bridgehead atoms. The zero-order valence-corrected chi connectivity index (χ0v) is 14.0. The second-order valence-electron chi connectivity index (χ2n) is 6.49. The summed E-state index contributed by atoms with van der Waals surface area (Å²) in [7, 11) is 0. The normalized spacial score (nSPS) is 23.5. The number of nitrogens with one attached hydrogen (secondary N) is 1. The van der Waals surface area contributed by atoms with Gasteiger partial charge in [-0.25, -0.2) is 9.67 Å². The van der Waals surface area contributed by atoms with Crippen LogP contribution in [-0.4, -0.2) is 33.3 Å². The fourth-order valence-electron chi connectivity index (χ4n) is 3.65. The molecule has 2 aliphatic rings. The van der Waals surface area contributed by atoms with Crippen molar-refractivity contribution in [2.24, 2.45) is 0 Å². The van der Waals surface area contributed by atoms with Gasteiger partial charge in [-0.05, 0) is 31.4 Å². The third kappa shape index (κ3) is 2.71. The van der Waals surface area contributed by atoms with E-state index in [9.17, 15) is 4.79 Å². The Morgan fingerprint density at radius 3 is 2.79 bits per heavy atom. The number of aromatic nitrogens is 3. The lowest BCUT2D eigenvalue weighted by atomic mass is 10.1. The molecular weight excluding hydrogens is 302 g/mol. The van der Waals surface area contributed by atoms with E-state index in [-0.39, 0.29) is 18.0 Å². The predicted molar refractivity (Wildman–Crippen MR) is 91.7 cm³/mol. The van der Waals surface area contributed by atoms with Gasteiger partial charge in [-0.1, -0.05) is 25.1 Å². The van der Waals surface area contributed by atoms with Crippen LogP contribution in [0.5, 0.6) is 0 Å². The topological polar surface area (TPSA) is 63.1 Å². The van der Waals surface area contributed by atoms with E-state index in [1.54, 1.807) is 0 Å². The number of aryl methyl sites for hydroxylation is 2. The molecule has 2 aliphatic heterocycles. The van der Waals surface area contributed by atoms with Crippen LogP contribution in [0, 0.1) is 0 Å². The van der Waals surface area contributed by atoms with Gasteiger partial charge in [0.05, 0.1) is 12.1 Å². The van der Waals surface area contributed by atoms with Gasteiger partial charge >= 0.3 is 0 Å². The van der Waals surface area contributed by atoms with Gasteiger partial charge in [0.2, 0.25) is 5.91 Å². The van der Waals surface area contributed by atoms with Crippen molar-refractivity contribution in [1.29, 1.82) is 0 Å². The highest BCUT2D eigenvalue weighted by molar-refractivity contribution is 5.99. The molecule has 0 unspecified atom stereocenters. The molecular formula is C18H23N5O. The highest BCUT2D eigenvalue weighted by Gasteiger charge is 2.35. The van der Waals surface area contributed by atoms with Gasteiger partial charge in [-0.15, -0.1) is 0 Å². The number of para-hydroxylation sites is 1. The number of carbonyl (C=O) groups is 1. The fourth-order valence-corrected chi connectivity index (χ4v) is 3.65. The molecule has 1 fully saturated rings. The van der Waals surface area contributed by atoms with Gasteiger partial charge in [0, 0.05) is 25.2 Å². The molecule has 0 aliphatic carbocycles. The van der Waals surface area contributed by atoms with Gasteiger partial charge in [0.1, 0.15) is 5.82 Å². The lowest BCUT2D eigenvalue weighted by molar-refractivity contribution is -0.119. The Morgan fingerprint density at radius 2 is 2.00 bits per heavy atom. The maximum absolute atomic E-state index is 12.8. The first kappa shape index (κ1) is 15.3. The zero-order valence-electron chi connectivity index (χ0n) is 14.0. The van der Waals surface area contributed by atoms with Crippen molar-refractivity contribution in [1.82, 2.24) is 20.1 Å². The van der Waals surface area contributed by atoms with E-state index in [0.717, 1.165) is 56.1 Å². The SMILES string of the molecule is CCc1nc2n(n1)CCC[C@@H]2N[C@@H]1CCN(c2ccccc2)C1=O. The molecule has 24 heavy (non-hydrogen) atoms. The van der Waals surface area contributed by atoms with Crippen molar-refractivity contribution in [3.05, 3.63) is 42.0 Å². The number of rotatable bonds is 4. The molecule has 3 heterocycles. The van der Waals surface area contributed by atoms with E-state index in [1.807, 2.05) is 39.9 Å². The van der Waals surface area contributed by atoms with Gasteiger partial charge in [-0.3, -0.25) is 10.1 Å². The molecule has 126 valence electrons. The standard InChI is InChI=1S/C18H23N5O/c1-2-16-20-17-14(9-6-11-23(17)21-16)19-15-10-12-22(18(15)24)13-7-4-3-5-8-13/h3-5,7-8,14-15,19H,2,6,9-12H2,1H3/t14-,15+/m0/s1. The molecule has 1 N–H and O–H groups in total. The lowest BCUT2D eigenvalue weighted by Crippen LogP contribution is -2.42. The molecule has 2 atom stereocenters. The first-order valence-corrected chi connectivity index (χ1v) is 8.82. The van der Waals surface area contributed by atoms with Crippen LogP contribution < -0.4 is 10.2 Å². The molecule has 6 heteroatoms. The van der Waals surface area contributed by atoms with Gasteiger partial charge in [-0.2, -0.15) is 5.10 Å². The third-order valence-corrected chi connectivity index (χ3v) is 4.91. The van der Waals surface area contributed by atoms with Crippen LogP contribution in [0.25, 0.3) is 0 Å². The first-order chi connectivity index (χ1) is 11.8. The number of hydrogen-bond donors (Lipinski definition) is 1. The highest BCUT2D eigenvalue weighted by atomic mass is 16.2. The van der Waals surface area contributed by atoms with E-state index >= 15 is 0 Å². The molecule has 0 radical (unpaired) electrons. The molecule has 1 amide bonds. The predicted octanol–water partition coefficient (Wildman–Crippen LogP) is 2.07. The van der Waals surface area contributed by atoms with Gasteiger partial charge in [0.15, 0.2) is 5.82 Å². The Morgan fingerprint density at radius 1 is 1.17 bits per heavy atom. The molecule has 2 aromatic rings. The quantitative estimate of drug-likeness (QED) is 0.935. The zero-order chi connectivity index (χ0) is 16.5. The smallest absolute Gasteiger partial charge is 0.244 e. The van der Waals surface area contributed by atoms with Crippen molar-refractivity contribution in [3.63, 3.8) is 0 Å². The van der Waals surface area contributed by atoms with Crippen LogP contribution >= 0.6 is 0 Å². The summed E-state index contributed by atoms with van der Waals surface area (Å²) in [6, 6.07) is 9.88. The van der Waals surface area contributed by atoms with Crippen LogP contribution in [0.15, 0.2) is 30.3 Å². The minimum absolute atomic E-state index is 0.122. The Labute approximate surface area is 141 Å². The summed E-state index contributed by atoms with van der Waals surface area (Å²) in [6.07, 6.45) is 3.76. The van der Waals surface area contributed by atoms with Crippen LogP contribution in [-0.2, 0) is 17.8 Å². The third-order valence-electron chi connectivity index (χ3n) is 4.91. The number of fused-ring (bicyclic) bond motifs is 1. The number of carbonyl (C=O) groups excluding carboxylic acids is 1. The van der Waals surface area contributed by atoms with E-state index in [1.165, 1.54) is 0 Å². The van der Waals surface area contributed by atoms with Crippen molar-refractivity contribution in [3.8, 4) is 0 Å². The average Bonchev–Trinajstić information content (AvgIpc) is 3.20. The van der Waals surface area contributed by atoms with E-state index in [2.05, 4.69) is 22.3 Å². The minimum Gasteiger partial charge on any atom is -0.311 e. The second kappa shape index (κ2) is 6.36. The summed E-state index contributed by atoms with van der Waals surface area (Å²) < 4.78 is 2.01. The molecule has 0 saturated carbocycles. The van der Waals surface area contributed by atoms with Gasteiger partial charge in [0.25, 0.3) is 0 Å². The van der Waals surface area contributed by atoms with Crippen LogP contribution in [0.1, 0.15) is 43.9 Å². The van der Waals surface area contributed by atoms with Crippen LogP contribution in [0.3, 0.4) is 0 Å². The number of anilines is 1. The van der Waals surface area contributed by atoms with E-state index < -0.39 is 0 Å². The number of hydrogen-bond acceptors (Lipinski definition) is 4. The minimum atomic E-state index is -0.136. The molecule has 4 rings (SSSR count). The number of nitrogens with zero attached hydrogens (tertiary/aromatic N) is 4.